The van der Waals surface area contributed by atoms with Gasteiger partial charge in [-0.15, -0.1) is 0 Å². The van der Waals surface area contributed by atoms with Crippen molar-refractivity contribution in [2.24, 2.45) is 5.73 Å². The van der Waals surface area contributed by atoms with Crippen LogP contribution in [0, 0.1) is 0 Å². The van der Waals surface area contributed by atoms with E-state index in [0.29, 0.717) is 12.9 Å². The number of nitrogens with zero attached hydrogens (tertiary/aromatic N) is 2. The first kappa shape index (κ1) is 28.7. The molecule has 1 aromatic carbocycles. The first-order valence-electron chi connectivity index (χ1n) is 12.2. The van der Waals surface area contributed by atoms with Gasteiger partial charge in [0.05, 0.1) is 17.1 Å². The molecule has 0 amide bonds. The molecule has 1 aromatic rings. The predicted molar refractivity (Wildman–Crippen MR) is 133 cm³/mol. The van der Waals surface area contributed by atoms with E-state index in [1.165, 1.54) is 6.07 Å². The van der Waals surface area contributed by atoms with Crippen LogP contribution in [0.15, 0.2) is 23.1 Å². The van der Waals surface area contributed by atoms with Gasteiger partial charge in [0, 0.05) is 45.0 Å². The number of sulfone groups is 1. The standard InChI is InChI=1S/C23H40BN3O6S/c1-3-33-23(28)21-17-19(9-10-22(21)34(2,31)32)18-27-15-13-26(14-16-27)12-6-8-20(25)7-4-5-11-24(29)30/h9-10,17,20,29-30H,3-8,11-16,18,25H2,1-2H3. The zero-order valence-electron chi connectivity index (χ0n) is 20.5. The minimum absolute atomic E-state index is 0.00344. The van der Waals surface area contributed by atoms with Crippen molar-refractivity contribution in [3.63, 3.8) is 0 Å². The number of unbranched alkanes of at least 4 members (excludes halogenated alkanes) is 1. The third kappa shape index (κ3) is 10.0. The van der Waals surface area contributed by atoms with Crippen LogP contribution in [0.2, 0.25) is 6.32 Å². The van der Waals surface area contributed by atoms with Crippen LogP contribution in [0.1, 0.15) is 54.9 Å². The largest absolute Gasteiger partial charge is 0.462 e. The Morgan fingerprint density at radius 1 is 1.12 bits per heavy atom. The molecule has 0 bridgehead atoms. The number of ether oxygens (including phenoxy) is 1. The van der Waals surface area contributed by atoms with Crippen molar-refractivity contribution in [3.8, 4) is 0 Å². The van der Waals surface area contributed by atoms with Crippen molar-refractivity contribution >= 4 is 22.9 Å². The summed E-state index contributed by atoms with van der Waals surface area (Å²) in [5, 5.41) is 17.7. The molecule has 34 heavy (non-hydrogen) atoms. The maximum absolute atomic E-state index is 12.3. The average molecular weight is 497 g/mol. The van der Waals surface area contributed by atoms with Crippen molar-refractivity contribution in [1.29, 1.82) is 0 Å². The minimum Gasteiger partial charge on any atom is -0.462 e. The summed E-state index contributed by atoms with van der Waals surface area (Å²) in [4.78, 5) is 17.1. The molecular weight excluding hydrogens is 457 g/mol. The molecule has 0 aromatic heterocycles. The molecule has 1 saturated heterocycles. The van der Waals surface area contributed by atoms with Crippen LogP contribution in [-0.4, -0.2) is 93.0 Å². The quantitative estimate of drug-likeness (QED) is 0.197. The zero-order chi connectivity index (χ0) is 25.1. The van der Waals surface area contributed by atoms with Gasteiger partial charge in [0.15, 0.2) is 9.84 Å². The monoisotopic (exact) mass is 497 g/mol. The van der Waals surface area contributed by atoms with Crippen LogP contribution in [0.25, 0.3) is 0 Å². The van der Waals surface area contributed by atoms with Gasteiger partial charge in [-0.2, -0.15) is 0 Å². The lowest BCUT2D eigenvalue weighted by molar-refractivity contribution is 0.0521. The molecule has 4 N–H and O–H groups in total. The van der Waals surface area contributed by atoms with Crippen molar-refractivity contribution in [3.05, 3.63) is 29.3 Å². The highest BCUT2D eigenvalue weighted by molar-refractivity contribution is 7.90. The van der Waals surface area contributed by atoms with Crippen LogP contribution in [0.4, 0.5) is 0 Å². The van der Waals surface area contributed by atoms with Crippen molar-refractivity contribution < 1.29 is 28.0 Å². The highest BCUT2D eigenvalue weighted by Crippen LogP contribution is 2.20. The van der Waals surface area contributed by atoms with E-state index in [2.05, 4.69) is 9.80 Å². The van der Waals surface area contributed by atoms with Crippen LogP contribution in [0.3, 0.4) is 0 Å². The van der Waals surface area contributed by atoms with Gasteiger partial charge in [-0.1, -0.05) is 18.9 Å². The van der Waals surface area contributed by atoms with Crippen molar-refractivity contribution in [1.82, 2.24) is 9.80 Å². The molecule has 1 aliphatic rings. The fraction of sp³-hybridized carbons (Fsp3) is 0.696. The molecule has 0 aliphatic carbocycles. The molecule has 1 atom stereocenters. The molecular formula is C23H40BN3O6S. The van der Waals surface area contributed by atoms with E-state index in [9.17, 15) is 13.2 Å². The van der Waals surface area contributed by atoms with Crippen LogP contribution in [-0.2, 0) is 21.1 Å². The number of carbonyl (C=O) groups excluding carboxylic acids is 1. The van der Waals surface area contributed by atoms with Gasteiger partial charge >= 0.3 is 13.1 Å². The molecule has 1 heterocycles. The molecule has 1 fully saturated rings. The summed E-state index contributed by atoms with van der Waals surface area (Å²) in [6.07, 6.45) is 6.12. The molecule has 2 rings (SSSR count). The Balaban J connectivity index is 1.77. The predicted octanol–water partition coefficient (Wildman–Crippen LogP) is 1.14. The van der Waals surface area contributed by atoms with Gasteiger partial charge < -0.3 is 25.4 Å². The summed E-state index contributed by atoms with van der Waals surface area (Å²) < 4.78 is 29.2. The number of rotatable bonds is 14. The van der Waals surface area contributed by atoms with E-state index in [1.54, 1.807) is 19.1 Å². The Labute approximate surface area is 204 Å². The lowest BCUT2D eigenvalue weighted by Crippen LogP contribution is -2.46. The summed E-state index contributed by atoms with van der Waals surface area (Å²) in [7, 11) is -4.75. The normalized spacial score (nSPS) is 16.4. The lowest BCUT2D eigenvalue weighted by Gasteiger charge is -2.35. The van der Waals surface area contributed by atoms with E-state index in [0.717, 1.165) is 76.6 Å². The molecule has 0 radical (unpaired) electrons. The van der Waals surface area contributed by atoms with E-state index < -0.39 is 22.9 Å². The number of piperazine rings is 1. The van der Waals surface area contributed by atoms with Gasteiger partial charge in [0.2, 0.25) is 0 Å². The second kappa shape index (κ2) is 14.2. The summed E-state index contributed by atoms with van der Waals surface area (Å²) in [6.45, 7) is 7.25. The van der Waals surface area contributed by atoms with E-state index in [4.69, 9.17) is 20.5 Å². The van der Waals surface area contributed by atoms with Gasteiger partial charge in [-0.3, -0.25) is 4.90 Å². The van der Waals surface area contributed by atoms with Crippen LogP contribution < -0.4 is 5.73 Å². The van der Waals surface area contributed by atoms with E-state index in [-0.39, 0.29) is 23.1 Å². The Kier molecular flexibility index (Phi) is 12.0. The molecule has 0 saturated carbocycles. The maximum atomic E-state index is 12.3. The first-order valence-corrected chi connectivity index (χ1v) is 14.1. The fourth-order valence-electron chi connectivity index (χ4n) is 4.25. The molecule has 11 heteroatoms. The van der Waals surface area contributed by atoms with Gasteiger partial charge in [-0.05, 0) is 56.7 Å². The first-order chi connectivity index (χ1) is 16.1. The zero-order valence-corrected chi connectivity index (χ0v) is 21.3. The summed E-state index contributed by atoms with van der Waals surface area (Å²) in [5.41, 5.74) is 7.18. The number of hydrogen-bond donors (Lipinski definition) is 3. The molecule has 192 valence electrons. The Morgan fingerprint density at radius 3 is 2.38 bits per heavy atom. The highest BCUT2D eigenvalue weighted by atomic mass is 32.2. The number of hydrogen-bond acceptors (Lipinski definition) is 9. The fourth-order valence-corrected chi connectivity index (χ4v) is 5.11. The third-order valence-corrected chi connectivity index (χ3v) is 7.30. The maximum Gasteiger partial charge on any atom is 0.451 e. The van der Waals surface area contributed by atoms with Crippen LogP contribution >= 0.6 is 0 Å². The Morgan fingerprint density at radius 2 is 1.76 bits per heavy atom. The van der Waals surface area contributed by atoms with Gasteiger partial charge in [0.1, 0.15) is 0 Å². The number of carbonyl (C=O) groups is 1. The second-order valence-electron chi connectivity index (χ2n) is 9.11. The SMILES string of the molecule is CCOC(=O)c1cc(CN2CCN(CCCC(N)CCCCB(O)O)CC2)ccc1S(C)(=O)=O. The average Bonchev–Trinajstić information content (AvgIpc) is 2.77. The third-order valence-electron chi connectivity index (χ3n) is 6.15. The van der Waals surface area contributed by atoms with Gasteiger partial charge in [-0.25, -0.2) is 13.2 Å². The highest BCUT2D eigenvalue weighted by Gasteiger charge is 2.22. The Bertz CT molecular complexity index is 875. The van der Waals surface area contributed by atoms with Crippen molar-refractivity contribution in [2.75, 3.05) is 45.6 Å². The Hall–Kier alpha value is -1.50. The molecule has 0 spiro atoms. The summed E-state index contributed by atoms with van der Waals surface area (Å²) in [5.74, 6) is -0.612. The van der Waals surface area contributed by atoms with Gasteiger partial charge in [0.25, 0.3) is 0 Å². The van der Waals surface area contributed by atoms with E-state index >= 15 is 0 Å². The lowest BCUT2D eigenvalue weighted by atomic mass is 9.83. The van der Waals surface area contributed by atoms with E-state index in [1.807, 2.05) is 0 Å². The number of nitrogens with two attached hydrogens (primary N) is 1. The molecule has 1 unspecified atom stereocenters. The summed E-state index contributed by atoms with van der Waals surface area (Å²) >= 11 is 0. The molecule has 1 aliphatic heterocycles. The topological polar surface area (TPSA) is 133 Å². The minimum atomic E-state index is -3.53. The second-order valence-corrected chi connectivity index (χ2v) is 11.1. The van der Waals surface area contributed by atoms with Crippen LogP contribution in [0.5, 0.6) is 0 Å². The molecule has 9 nitrogen and oxygen atoms in total. The number of benzene rings is 1. The van der Waals surface area contributed by atoms with Crippen molar-refractivity contribution in [2.45, 2.75) is 62.8 Å². The summed E-state index contributed by atoms with van der Waals surface area (Å²) in [6, 6.07) is 5.07. The smallest absolute Gasteiger partial charge is 0.451 e. The number of esters is 1.